The summed E-state index contributed by atoms with van der Waals surface area (Å²) in [5, 5.41) is 11.2. The second kappa shape index (κ2) is 7.71. The Morgan fingerprint density at radius 1 is 1.15 bits per heavy atom. The molecule has 1 amide bonds. The van der Waals surface area contributed by atoms with Gasteiger partial charge in [0, 0.05) is 17.6 Å². The molecule has 0 bridgehead atoms. The van der Waals surface area contributed by atoms with E-state index in [0.717, 1.165) is 11.9 Å². The Kier molecular flexibility index (Phi) is 5.38. The lowest BCUT2D eigenvalue weighted by atomic mass is 10.3. The zero-order valence-electron chi connectivity index (χ0n) is 13.9. The monoisotopic (exact) mass is 388 g/mol. The maximum Gasteiger partial charge on any atom is 0.234 e. The van der Waals surface area contributed by atoms with Gasteiger partial charge in [0.2, 0.25) is 5.91 Å². The molecule has 3 rings (SSSR count). The predicted octanol–water partition coefficient (Wildman–Crippen LogP) is 2.40. The van der Waals surface area contributed by atoms with Crippen molar-refractivity contribution in [1.29, 1.82) is 0 Å². The van der Waals surface area contributed by atoms with Gasteiger partial charge in [-0.05, 0) is 30.3 Å². The second-order valence-corrected chi connectivity index (χ2v) is 8.41. The number of carbonyl (C=O) groups excluding carboxylic acids is 1. The summed E-state index contributed by atoms with van der Waals surface area (Å²) in [6.45, 7) is 0. The van der Waals surface area contributed by atoms with E-state index in [1.807, 2.05) is 30.3 Å². The Bertz CT molecular complexity index is 1020. The van der Waals surface area contributed by atoms with Gasteiger partial charge in [-0.15, -0.1) is 10.2 Å². The highest BCUT2D eigenvalue weighted by Gasteiger charge is 2.12. The fourth-order valence-corrected chi connectivity index (χ4v) is 3.62. The molecule has 0 aliphatic heterocycles. The number of anilines is 1. The molecular formula is C17H16N4O3S2. The molecule has 0 spiro atoms. The number of amides is 1. The van der Waals surface area contributed by atoms with E-state index >= 15 is 0 Å². The lowest BCUT2D eigenvalue weighted by Gasteiger charge is -2.08. The van der Waals surface area contributed by atoms with Crippen molar-refractivity contribution in [2.45, 2.75) is 10.1 Å². The molecule has 0 aliphatic carbocycles. The summed E-state index contributed by atoms with van der Waals surface area (Å²) in [5.41, 5.74) is 1.34. The Hall–Kier alpha value is -2.65. The lowest BCUT2D eigenvalue weighted by Crippen LogP contribution is -2.15. The molecule has 0 atom stereocenters. The quantitative estimate of drug-likeness (QED) is 0.652. The SMILES string of the molecule is CS(=O)(=O)c1cccc(NC(=O)CSc2nncn2-c2ccccc2)c1. The highest BCUT2D eigenvalue weighted by molar-refractivity contribution is 7.99. The van der Waals surface area contributed by atoms with Crippen molar-refractivity contribution in [2.24, 2.45) is 0 Å². The van der Waals surface area contributed by atoms with E-state index in [2.05, 4.69) is 15.5 Å². The van der Waals surface area contributed by atoms with Crippen LogP contribution in [0.5, 0.6) is 0 Å². The molecule has 0 unspecified atom stereocenters. The van der Waals surface area contributed by atoms with Crippen LogP contribution in [-0.2, 0) is 14.6 Å². The van der Waals surface area contributed by atoms with Crippen LogP contribution in [0.4, 0.5) is 5.69 Å². The van der Waals surface area contributed by atoms with Crippen LogP contribution in [0.3, 0.4) is 0 Å². The molecule has 0 aliphatic rings. The molecule has 0 saturated heterocycles. The van der Waals surface area contributed by atoms with Crippen molar-refractivity contribution in [3.63, 3.8) is 0 Å². The maximum absolute atomic E-state index is 12.2. The number of aromatic nitrogens is 3. The van der Waals surface area contributed by atoms with Gasteiger partial charge in [0.15, 0.2) is 15.0 Å². The highest BCUT2D eigenvalue weighted by atomic mass is 32.2. The minimum absolute atomic E-state index is 0.120. The number of benzene rings is 2. The van der Waals surface area contributed by atoms with Gasteiger partial charge in [0.1, 0.15) is 6.33 Å². The number of nitrogens with zero attached hydrogens (tertiary/aromatic N) is 3. The zero-order valence-corrected chi connectivity index (χ0v) is 15.5. The first kappa shape index (κ1) is 18.2. The third kappa shape index (κ3) is 4.50. The average molecular weight is 388 g/mol. The Morgan fingerprint density at radius 2 is 1.92 bits per heavy atom. The van der Waals surface area contributed by atoms with E-state index in [0.29, 0.717) is 10.8 Å². The summed E-state index contributed by atoms with van der Waals surface area (Å²) in [5.74, 6) is -0.141. The molecule has 3 aromatic rings. The summed E-state index contributed by atoms with van der Waals surface area (Å²) in [6.07, 6.45) is 2.71. The highest BCUT2D eigenvalue weighted by Crippen LogP contribution is 2.20. The molecule has 26 heavy (non-hydrogen) atoms. The molecule has 2 aromatic carbocycles. The van der Waals surface area contributed by atoms with E-state index in [4.69, 9.17) is 0 Å². The van der Waals surface area contributed by atoms with Crippen LogP contribution >= 0.6 is 11.8 Å². The predicted molar refractivity (Wildman–Crippen MR) is 100 cm³/mol. The Balaban J connectivity index is 1.65. The molecule has 9 heteroatoms. The number of hydrogen-bond donors (Lipinski definition) is 1. The van der Waals surface area contributed by atoms with Gasteiger partial charge in [-0.3, -0.25) is 9.36 Å². The van der Waals surface area contributed by atoms with Crippen molar-refractivity contribution in [1.82, 2.24) is 14.8 Å². The number of para-hydroxylation sites is 1. The molecule has 0 fully saturated rings. The van der Waals surface area contributed by atoms with E-state index in [1.54, 1.807) is 23.0 Å². The fourth-order valence-electron chi connectivity index (χ4n) is 2.22. The van der Waals surface area contributed by atoms with Crippen LogP contribution in [0.15, 0.2) is 71.0 Å². The van der Waals surface area contributed by atoms with Crippen molar-refractivity contribution < 1.29 is 13.2 Å². The van der Waals surface area contributed by atoms with Crippen molar-refractivity contribution in [3.8, 4) is 5.69 Å². The first-order valence-corrected chi connectivity index (χ1v) is 10.5. The number of sulfone groups is 1. The van der Waals surface area contributed by atoms with Crippen LogP contribution in [0.25, 0.3) is 5.69 Å². The van der Waals surface area contributed by atoms with Gasteiger partial charge in [-0.1, -0.05) is 36.0 Å². The van der Waals surface area contributed by atoms with Crippen molar-refractivity contribution in [3.05, 3.63) is 60.9 Å². The standard InChI is InChI=1S/C17H16N4O3S2/c1-26(23,24)15-9-5-6-13(10-15)19-16(22)11-25-17-20-18-12-21(17)14-7-3-2-4-8-14/h2-10,12H,11H2,1H3,(H,19,22). The minimum Gasteiger partial charge on any atom is -0.325 e. The number of nitrogens with one attached hydrogen (secondary N) is 1. The molecule has 0 saturated carbocycles. The topological polar surface area (TPSA) is 93.9 Å². The third-order valence-corrected chi connectivity index (χ3v) is 5.48. The average Bonchev–Trinajstić information content (AvgIpc) is 3.09. The molecule has 7 nitrogen and oxygen atoms in total. The van der Waals surface area contributed by atoms with Crippen LogP contribution in [0.2, 0.25) is 0 Å². The van der Waals surface area contributed by atoms with Crippen molar-refractivity contribution in [2.75, 3.05) is 17.3 Å². The summed E-state index contributed by atoms with van der Waals surface area (Å²) in [7, 11) is -3.32. The van der Waals surface area contributed by atoms with Crippen LogP contribution in [0, 0.1) is 0 Å². The lowest BCUT2D eigenvalue weighted by molar-refractivity contribution is -0.113. The Morgan fingerprint density at radius 3 is 2.65 bits per heavy atom. The molecule has 1 N–H and O–H groups in total. The van der Waals surface area contributed by atoms with E-state index < -0.39 is 9.84 Å². The first-order valence-electron chi connectivity index (χ1n) is 7.62. The van der Waals surface area contributed by atoms with Crippen LogP contribution in [0.1, 0.15) is 0 Å². The van der Waals surface area contributed by atoms with Crippen molar-refractivity contribution >= 4 is 33.2 Å². The normalized spacial score (nSPS) is 11.3. The number of hydrogen-bond acceptors (Lipinski definition) is 6. The van der Waals surface area contributed by atoms with Gasteiger partial charge < -0.3 is 5.32 Å². The fraction of sp³-hybridized carbons (Fsp3) is 0.118. The van der Waals surface area contributed by atoms with Crippen LogP contribution < -0.4 is 5.32 Å². The Labute approximate surface area is 155 Å². The maximum atomic E-state index is 12.2. The molecular weight excluding hydrogens is 372 g/mol. The molecule has 134 valence electrons. The van der Waals surface area contributed by atoms with E-state index in [9.17, 15) is 13.2 Å². The first-order chi connectivity index (χ1) is 12.4. The van der Waals surface area contributed by atoms with Crippen LogP contribution in [-0.4, -0.2) is 41.1 Å². The third-order valence-electron chi connectivity index (χ3n) is 3.43. The minimum atomic E-state index is -3.32. The number of carbonyl (C=O) groups is 1. The smallest absolute Gasteiger partial charge is 0.234 e. The second-order valence-electron chi connectivity index (χ2n) is 5.46. The summed E-state index contributed by atoms with van der Waals surface area (Å²) >= 11 is 1.24. The van der Waals surface area contributed by atoms with E-state index in [-0.39, 0.29) is 16.6 Å². The van der Waals surface area contributed by atoms with Gasteiger partial charge in [0.05, 0.1) is 10.6 Å². The summed E-state index contributed by atoms with van der Waals surface area (Å²) in [6, 6.07) is 15.7. The zero-order chi connectivity index (χ0) is 18.6. The summed E-state index contributed by atoms with van der Waals surface area (Å²) < 4.78 is 25.0. The number of rotatable bonds is 6. The van der Waals surface area contributed by atoms with Gasteiger partial charge in [-0.2, -0.15) is 0 Å². The van der Waals surface area contributed by atoms with E-state index in [1.165, 1.54) is 23.9 Å². The molecule has 1 heterocycles. The van der Waals surface area contributed by atoms with Gasteiger partial charge >= 0.3 is 0 Å². The largest absolute Gasteiger partial charge is 0.325 e. The van der Waals surface area contributed by atoms with Gasteiger partial charge in [0.25, 0.3) is 0 Å². The molecule has 0 radical (unpaired) electrons. The molecule has 1 aromatic heterocycles. The summed E-state index contributed by atoms with van der Waals surface area (Å²) in [4.78, 5) is 12.3. The van der Waals surface area contributed by atoms with Gasteiger partial charge in [-0.25, -0.2) is 8.42 Å². The number of thioether (sulfide) groups is 1.